The first kappa shape index (κ1) is 18.7. The van der Waals surface area contributed by atoms with Crippen molar-refractivity contribution in [2.75, 3.05) is 36.9 Å². The summed E-state index contributed by atoms with van der Waals surface area (Å²) in [4.78, 5) is 22.6. The molecule has 0 radical (unpaired) electrons. The Morgan fingerprint density at radius 1 is 1.29 bits per heavy atom. The number of carboxylic acid groups (broad SMARTS) is 1. The van der Waals surface area contributed by atoms with E-state index in [1.165, 1.54) is 4.31 Å². The first-order valence-electron chi connectivity index (χ1n) is 7.18. The number of nitrogens with one attached hydrogen (secondary N) is 1. The Bertz CT molecular complexity index is 733. The van der Waals surface area contributed by atoms with Crippen molar-refractivity contribution < 1.29 is 27.5 Å². The van der Waals surface area contributed by atoms with Crippen molar-refractivity contribution in [3.63, 3.8) is 0 Å². The molecule has 1 fully saturated rings. The van der Waals surface area contributed by atoms with Gasteiger partial charge < -0.3 is 10.4 Å². The molecule has 1 aliphatic rings. The predicted octanol–water partition coefficient (Wildman–Crippen LogP) is 0.632. The first-order valence-corrected chi connectivity index (χ1v) is 9.94. The van der Waals surface area contributed by atoms with Gasteiger partial charge in [-0.1, -0.05) is 0 Å². The summed E-state index contributed by atoms with van der Waals surface area (Å²) in [6, 6.07) is 2.92. The van der Waals surface area contributed by atoms with Gasteiger partial charge in [-0.2, -0.15) is 11.8 Å². The van der Waals surface area contributed by atoms with E-state index in [0.717, 1.165) is 29.7 Å². The summed E-state index contributed by atoms with van der Waals surface area (Å²) in [5.74, 6) is -1.83. The molecule has 0 aliphatic carbocycles. The fourth-order valence-electron chi connectivity index (χ4n) is 2.17. The number of nitrogens with zero attached hydrogens (tertiary/aromatic N) is 1. The zero-order valence-electron chi connectivity index (χ0n) is 12.7. The summed E-state index contributed by atoms with van der Waals surface area (Å²) in [5.41, 5.74) is -0.596. The lowest BCUT2D eigenvalue weighted by Gasteiger charge is -2.25. The van der Waals surface area contributed by atoms with Gasteiger partial charge in [0, 0.05) is 31.1 Å². The van der Waals surface area contributed by atoms with Crippen LogP contribution in [0.15, 0.2) is 18.2 Å². The number of rotatable bonds is 6. The smallest absolute Gasteiger partial charge is 0.335 e. The molecule has 1 aromatic carbocycles. The maximum Gasteiger partial charge on any atom is 0.335 e. The predicted molar refractivity (Wildman–Crippen MR) is 88.4 cm³/mol. The molecule has 10 heteroatoms. The molecule has 0 bridgehead atoms. The van der Waals surface area contributed by atoms with E-state index >= 15 is 0 Å². The molecule has 1 aliphatic heterocycles. The van der Waals surface area contributed by atoms with Gasteiger partial charge in [0.1, 0.15) is 5.82 Å². The van der Waals surface area contributed by atoms with Crippen LogP contribution in [0.3, 0.4) is 0 Å². The number of hydrogen-bond acceptors (Lipinski definition) is 5. The number of aromatic carboxylic acids is 1. The summed E-state index contributed by atoms with van der Waals surface area (Å²) in [6.07, 6.45) is 0. The average Bonchev–Trinajstić information content (AvgIpc) is 2.55. The second-order valence-electron chi connectivity index (χ2n) is 5.08. The van der Waals surface area contributed by atoms with Crippen LogP contribution in [0.1, 0.15) is 20.7 Å². The molecule has 132 valence electrons. The monoisotopic (exact) mass is 376 g/mol. The number of thioether (sulfide) groups is 1. The summed E-state index contributed by atoms with van der Waals surface area (Å²) < 4.78 is 39.4. The van der Waals surface area contributed by atoms with Crippen LogP contribution in [0.25, 0.3) is 0 Å². The minimum atomic E-state index is -3.46. The number of hydrogen-bond donors (Lipinski definition) is 2. The third kappa shape index (κ3) is 4.68. The third-order valence-electron chi connectivity index (χ3n) is 3.47. The SMILES string of the molecule is O=C(O)c1ccc(C(=O)NCCS(=O)(=O)N2CCSCC2)c(F)c1. The number of halogens is 1. The highest BCUT2D eigenvalue weighted by Crippen LogP contribution is 2.13. The molecule has 2 rings (SSSR count). The molecule has 0 saturated carbocycles. The molecule has 24 heavy (non-hydrogen) atoms. The van der Waals surface area contributed by atoms with Gasteiger partial charge in [-0.25, -0.2) is 21.9 Å². The van der Waals surface area contributed by atoms with Crippen molar-refractivity contribution in [1.82, 2.24) is 9.62 Å². The molecule has 1 heterocycles. The van der Waals surface area contributed by atoms with Gasteiger partial charge in [0.2, 0.25) is 10.0 Å². The molecule has 0 atom stereocenters. The number of benzene rings is 1. The number of carboxylic acids is 1. The van der Waals surface area contributed by atoms with Gasteiger partial charge in [0.25, 0.3) is 5.91 Å². The highest BCUT2D eigenvalue weighted by molar-refractivity contribution is 7.99. The summed E-state index contributed by atoms with van der Waals surface area (Å²) in [7, 11) is -3.46. The van der Waals surface area contributed by atoms with Crippen LogP contribution in [0.5, 0.6) is 0 Å². The van der Waals surface area contributed by atoms with Crippen molar-refractivity contribution in [1.29, 1.82) is 0 Å². The Balaban J connectivity index is 1.92. The van der Waals surface area contributed by atoms with Crippen LogP contribution in [-0.4, -0.2) is 66.6 Å². The molecule has 7 nitrogen and oxygen atoms in total. The zero-order valence-corrected chi connectivity index (χ0v) is 14.3. The van der Waals surface area contributed by atoms with Crippen LogP contribution < -0.4 is 5.32 Å². The Morgan fingerprint density at radius 2 is 1.96 bits per heavy atom. The highest BCUT2D eigenvalue weighted by atomic mass is 32.2. The van der Waals surface area contributed by atoms with Gasteiger partial charge in [0.05, 0.1) is 16.9 Å². The summed E-state index contributed by atoms with van der Waals surface area (Å²) in [6.45, 7) is 0.753. The Morgan fingerprint density at radius 3 is 2.54 bits per heavy atom. The van der Waals surface area contributed by atoms with Gasteiger partial charge >= 0.3 is 5.97 Å². The third-order valence-corrected chi connectivity index (χ3v) is 6.28. The maximum atomic E-state index is 13.8. The number of sulfonamides is 1. The van der Waals surface area contributed by atoms with E-state index in [1.807, 2.05) is 0 Å². The van der Waals surface area contributed by atoms with Crippen molar-refractivity contribution in [2.45, 2.75) is 0 Å². The molecule has 0 spiro atoms. The van der Waals surface area contributed by atoms with Crippen molar-refractivity contribution >= 4 is 33.7 Å². The van der Waals surface area contributed by atoms with Crippen LogP contribution in [0, 0.1) is 5.82 Å². The first-order chi connectivity index (χ1) is 11.3. The van der Waals surface area contributed by atoms with E-state index in [0.29, 0.717) is 13.1 Å². The topological polar surface area (TPSA) is 104 Å². The summed E-state index contributed by atoms with van der Waals surface area (Å²) >= 11 is 1.69. The van der Waals surface area contributed by atoms with Crippen molar-refractivity contribution in [3.8, 4) is 0 Å². The molecule has 2 N–H and O–H groups in total. The molecule has 1 saturated heterocycles. The standard InChI is InChI=1S/C14H17FN2O5S2/c15-12-9-10(14(19)20)1-2-11(12)13(18)16-3-8-24(21,22)17-4-6-23-7-5-17/h1-2,9H,3-8H2,(H,16,18)(H,19,20). The molecular weight excluding hydrogens is 359 g/mol. The number of amides is 1. The van der Waals surface area contributed by atoms with Gasteiger partial charge in [-0.3, -0.25) is 4.79 Å². The van der Waals surface area contributed by atoms with Crippen LogP contribution in [-0.2, 0) is 10.0 Å². The molecule has 0 unspecified atom stereocenters. The number of carbonyl (C=O) groups is 2. The summed E-state index contributed by atoms with van der Waals surface area (Å²) in [5, 5.41) is 11.1. The number of carbonyl (C=O) groups excluding carboxylic acids is 1. The lowest BCUT2D eigenvalue weighted by Crippen LogP contribution is -2.42. The fraction of sp³-hybridized carbons (Fsp3) is 0.429. The van der Waals surface area contributed by atoms with E-state index in [9.17, 15) is 22.4 Å². The second-order valence-corrected chi connectivity index (χ2v) is 8.40. The highest BCUT2D eigenvalue weighted by Gasteiger charge is 2.24. The normalized spacial score (nSPS) is 15.9. The van der Waals surface area contributed by atoms with E-state index in [2.05, 4.69) is 5.32 Å². The average molecular weight is 376 g/mol. The van der Waals surface area contributed by atoms with E-state index in [4.69, 9.17) is 5.11 Å². The molecule has 0 aromatic heterocycles. The van der Waals surface area contributed by atoms with E-state index in [1.54, 1.807) is 11.8 Å². The van der Waals surface area contributed by atoms with Gasteiger partial charge in [-0.15, -0.1) is 0 Å². The van der Waals surface area contributed by atoms with E-state index in [-0.39, 0.29) is 23.4 Å². The largest absolute Gasteiger partial charge is 0.478 e. The molecular formula is C14H17FN2O5S2. The Kier molecular flexibility index (Phi) is 6.19. The Hall–Kier alpha value is -1.65. The molecule has 1 aromatic rings. The lowest BCUT2D eigenvalue weighted by molar-refractivity contribution is 0.0695. The zero-order chi connectivity index (χ0) is 17.7. The van der Waals surface area contributed by atoms with E-state index < -0.39 is 27.7 Å². The fourth-order valence-corrected chi connectivity index (χ4v) is 4.67. The Labute approximate surface area is 143 Å². The van der Waals surface area contributed by atoms with Crippen LogP contribution in [0.4, 0.5) is 4.39 Å². The van der Waals surface area contributed by atoms with Gasteiger partial charge in [0.15, 0.2) is 0 Å². The van der Waals surface area contributed by atoms with Crippen molar-refractivity contribution in [3.05, 3.63) is 35.1 Å². The molecule has 1 amide bonds. The minimum Gasteiger partial charge on any atom is -0.478 e. The maximum absolute atomic E-state index is 13.8. The van der Waals surface area contributed by atoms with Crippen LogP contribution in [0.2, 0.25) is 0 Å². The second kappa shape index (κ2) is 7.95. The van der Waals surface area contributed by atoms with Crippen LogP contribution >= 0.6 is 11.8 Å². The van der Waals surface area contributed by atoms with Gasteiger partial charge in [-0.05, 0) is 18.2 Å². The quantitative estimate of drug-likeness (QED) is 0.755. The van der Waals surface area contributed by atoms with Crippen molar-refractivity contribution in [2.24, 2.45) is 0 Å². The minimum absolute atomic E-state index is 0.148. The lowest BCUT2D eigenvalue weighted by atomic mass is 10.1.